The van der Waals surface area contributed by atoms with E-state index in [0.717, 1.165) is 15.8 Å². The maximum atomic E-state index is 6.23. The summed E-state index contributed by atoms with van der Waals surface area (Å²) < 4.78 is 0.883. The van der Waals surface area contributed by atoms with Crippen molar-refractivity contribution in [3.63, 3.8) is 0 Å². The molecular formula is C13H12BrClN2. The summed E-state index contributed by atoms with van der Waals surface area (Å²) in [5.41, 5.74) is 8.36. The predicted molar refractivity (Wildman–Crippen MR) is 78.1 cm³/mol. The van der Waals surface area contributed by atoms with Crippen LogP contribution in [0.5, 0.6) is 0 Å². The zero-order valence-corrected chi connectivity index (χ0v) is 11.7. The molecular weight excluding hydrogens is 300 g/mol. The summed E-state index contributed by atoms with van der Waals surface area (Å²) in [7, 11) is 1.97. The molecule has 0 aliphatic rings. The largest absolute Gasteiger partial charge is 0.399 e. The Morgan fingerprint density at radius 2 is 1.82 bits per heavy atom. The number of hydrogen-bond donors (Lipinski definition) is 1. The molecule has 2 aromatic rings. The molecule has 0 aliphatic carbocycles. The second-order valence-corrected chi connectivity index (χ2v) is 4.99. The molecule has 0 amide bonds. The lowest BCUT2D eigenvalue weighted by Gasteiger charge is -2.22. The van der Waals surface area contributed by atoms with Crippen LogP contribution in [0.2, 0.25) is 5.02 Å². The van der Waals surface area contributed by atoms with Gasteiger partial charge in [-0.25, -0.2) is 0 Å². The first kappa shape index (κ1) is 12.3. The smallest absolute Gasteiger partial charge is 0.0743 e. The van der Waals surface area contributed by atoms with Gasteiger partial charge in [0.1, 0.15) is 0 Å². The van der Waals surface area contributed by atoms with Gasteiger partial charge in [0.15, 0.2) is 0 Å². The summed E-state index contributed by atoms with van der Waals surface area (Å²) in [4.78, 5) is 2.02. The van der Waals surface area contributed by atoms with E-state index in [0.29, 0.717) is 10.7 Å². The van der Waals surface area contributed by atoms with Gasteiger partial charge in [-0.3, -0.25) is 0 Å². The quantitative estimate of drug-likeness (QED) is 0.830. The number of benzene rings is 2. The van der Waals surface area contributed by atoms with E-state index in [2.05, 4.69) is 15.9 Å². The highest BCUT2D eigenvalue weighted by Crippen LogP contribution is 2.38. The highest BCUT2D eigenvalue weighted by molar-refractivity contribution is 9.10. The number of para-hydroxylation sites is 1. The molecule has 0 aliphatic heterocycles. The minimum Gasteiger partial charge on any atom is -0.399 e. The molecule has 2 N–H and O–H groups in total. The molecule has 0 heterocycles. The highest BCUT2D eigenvalue weighted by Gasteiger charge is 2.12. The van der Waals surface area contributed by atoms with E-state index >= 15 is 0 Å². The first-order valence-corrected chi connectivity index (χ1v) is 6.30. The van der Waals surface area contributed by atoms with Gasteiger partial charge in [0.25, 0.3) is 0 Å². The van der Waals surface area contributed by atoms with Crippen molar-refractivity contribution in [1.82, 2.24) is 0 Å². The lowest BCUT2D eigenvalue weighted by atomic mass is 10.2. The molecule has 4 heteroatoms. The molecule has 0 fully saturated rings. The highest BCUT2D eigenvalue weighted by atomic mass is 79.9. The summed E-state index contributed by atoms with van der Waals surface area (Å²) in [5, 5.41) is 0.628. The Bertz CT molecular complexity index is 505. The van der Waals surface area contributed by atoms with Crippen molar-refractivity contribution < 1.29 is 0 Å². The Labute approximate surface area is 114 Å². The van der Waals surface area contributed by atoms with Gasteiger partial charge in [-0.1, -0.05) is 29.8 Å². The minimum absolute atomic E-state index is 0.628. The zero-order chi connectivity index (χ0) is 12.4. The minimum atomic E-state index is 0.628. The molecule has 2 aromatic carbocycles. The third-order valence-electron chi connectivity index (χ3n) is 2.52. The van der Waals surface area contributed by atoms with Gasteiger partial charge in [-0.05, 0) is 40.2 Å². The predicted octanol–water partition coefficient (Wildman–Crippen LogP) is 4.45. The summed E-state index contributed by atoms with van der Waals surface area (Å²) in [6.45, 7) is 0. The second kappa shape index (κ2) is 4.98. The van der Waals surface area contributed by atoms with Gasteiger partial charge >= 0.3 is 0 Å². The van der Waals surface area contributed by atoms with Crippen molar-refractivity contribution in [1.29, 1.82) is 0 Å². The van der Waals surface area contributed by atoms with Crippen LogP contribution in [0.25, 0.3) is 0 Å². The normalized spacial score (nSPS) is 10.3. The second-order valence-electron chi connectivity index (χ2n) is 3.73. The molecule has 0 atom stereocenters. The Morgan fingerprint density at radius 1 is 1.18 bits per heavy atom. The van der Waals surface area contributed by atoms with Crippen LogP contribution in [0.15, 0.2) is 46.9 Å². The standard InChI is InChI=1S/C13H12BrClN2/c1-17(10-5-3-2-4-6-10)13-11(14)7-9(16)8-12(13)15/h2-8H,16H2,1H3. The monoisotopic (exact) mass is 310 g/mol. The average Bonchev–Trinajstić information content (AvgIpc) is 2.28. The molecule has 0 unspecified atom stereocenters. The first-order valence-electron chi connectivity index (χ1n) is 5.13. The zero-order valence-electron chi connectivity index (χ0n) is 9.32. The molecule has 0 saturated carbocycles. The van der Waals surface area contributed by atoms with E-state index in [-0.39, 0.29) is 0 Å². The van der Waals surface area contributed by atoms with Crippen molar-refractivity contribution in [2.45, 2.75) is 0 Å². The Hall–Kier alpha value is -1.19. The molecule has 0 bridgehead atoms. The summed E-state index contributed by atoms with van der Waals surface area (Å²) in [5.74, 6) is 0. The average molecular weight is 312 g/mol. The van der Waals surface area contributed by atoms with Crippen molar-refractivity contribution in [2.24, 2.45) is 0 Å². The van der Waals surface area contributed by atoms with E-state index in [1.165, 1.54) is 0 Å². The summed E-state index contributed by atoms with van der Waals surface area (Å²) >= 11 is 9.72. The maximum Gasteiger partial charge on any atom is 0.0743 e. The summed E-state index contributed by atoms with van der Waals surface area (Å²) in [6.07, 6.45) is 0. The van der Waals surface area contributed by atoms with E-state index in [4.69, 9.17) is 17.3 Å². The van der Waals surface area contributed by atoms with Crippen LogP contribution in [-0.2, 0) is 0 Å². The fourth-order valence-electron chi connectivity index (χ4n) is 1.69. The van der Waals surface area contributed by atoms with Crippen LogP contribution < -0.4 is 10.6 Å². The number of hydrogen-bond acceptors (Lipinski definition) is 2. The first-order chi connectivity index (χ1) is 8.09. The van der Waals surface area contributed by atoms with Gasteiger partial charge in [0.05, 0.1) is 10.7 Å². The van der Waals surface area contributed by atoms with Gasteiger partial charge in [-0.2, -0.15) is 0 Å². The molecule has 0 spiro atoms. The van der Waals surface area contributed by atoms with E-state index < -0.39 is 0 Å². The number of nitrogens with two attached hydrogens (primary N) is 1. The lowest BCUT2D eigenvalue weighted by Crippen LogP contribution is -2.10. The molecule has 0 saturated heterocycles. The van der Waals surface area contributed by atoms with Crippen molar-refractivity contribution >= 4 is 44.6 Å². The lowest BCUT2D eigenvalue weighted by molar-refractivity contribution is 1.20. The van der Waals surface area contributed by atoms with Crippen LogP contribution in [0, 0.1) is 0 Å². The summed E-state index contributed by atoms with van der Waals surface area (Å²) in [6, 6.07) is 13.6. The van der Waals surface area contributed by atoms with Crippen LogP contribution in [0.3, 0.4) is 0 Å². The van der Waals surface area contributed by atoms with Gasteiger partial charge in [-0.15, -0.1) is 0 Å². The van der Waals surface area contributed by atoms with E-state index in [9.17, 15) is 0 Å². The van der Waals surface area contributed by atoms with Crippen LogP contribution in [-0.4, -0.2) is 7.05 Å². The maximum absolute atomic E-state index is 6.23. The van der Waals surface area contributed by atoms with Crippen LogP contribution in [0.4, 0.5) is 17.1 Å². The fourth-order valence-corrected chi connectivity index (χ4v) is 2.90. The molecule has 0 radical (unpaired) electrons. The molecule has 2 rings (SSSR count). The molecule has 2 nitrogen and oxygen atoms in total. The third-order valence-corrected chi connectivity index (χ3v) is 3.41. The Morgan fingerprint density at radius 3 is 2.41 bits per heavy atom. The third kappa shape index (κ3) is 2.56. The SMILES string of the molecule is CN(c1ccccc1)c1c(Cl)cc(N)cc1Br. The van der Waals surface area contributed by atoms with Crippen molar-refractivity contribution in [3.8, 4) is 0 Å². The number of halogens is 2. The molecule has 17 heavy (non-hydrogen) atoms. The Balaban J connectivity index is 2.48. The van der Waals surface area contributed by atoms with Gasteiger partial charge in [0.2, 0.25) is 0 Å². The Kier molecular flexibility index (Phi) is 3.60. The van der Waals surface area contributed by atoms with Gasteiger partial charge < -0.3 is 10.6 Å². The van der Waals surface area contributed by atoms with Crippen molar-refractivity contribution in [2.75, 3.05) is 17.7 Å². The molecule has 88 valence electrons. The number of rotatable bonds is 2. The molecule has 0 aromatic heterocycles. The number of anilines is 3. The van der Waals surface area contributed by atoms with Crippen LogP contribution in [0.1, 0.15) is 0 Å². The van der Waals surface area contributed by atoms with Crippen LogP contribution >= 0.6 is 27.5 Å². The van der Waals surface area contributed by atoms with E-state index in [1.807, 2.05) is 48.3 Å². The fraction of sp³-hybridized carbons (Fsp3) is 0.0769. The van der Waals surface area contributed by atoms with Gasteiger partial charge in [0, 0.05) is 22.9 Å². The van der Waals surface area contributed by atoms with E-state index in [1.54, 1.807) is 6.07 Å². The topological polar surface area (TPSA) is 29.3 Å². The van der Waals surface area contributed by atoms with Crippen molar-refractivity contribution in [3.05, 3.63) is 52.0 Å². The number of nitrogens with zero attached hydrogens (tertiary/aromatic N) is 1. The number of nitrogen functional groups attached to an aromatic ring is 1.